The maximum Gasteiger partial charge on any atom is 0.212 e. The van der Waals surface area contributed by atoms with Gasteiger partial charge in [0, 0.05) is 28.6 Å². The molecule has 7 heteroatoms. The summed E-state index contributed by atoms with van der Waals surface area (Å²) in [5.74, 6) is 0.590. The molecule has 0 radical (unpaired) electrons. The van der Waals surface area contributed by atoms with E-state index >= 15 is 0 Å². The van der Waals surface area contributed by atoms with Gasteiger partial charge in [-0.3, -0.25) is 0 Å². The van der Waals surface area contributed by atoms with E-state index in [-0.39, 0.29) is 0 Å². The van der Waals surface area contributed by atoms with Crippen molar-refractivity contribution in [1.82, 2.24) is 15.0 Å². The van der Waals surface area contributed by atoms with Crippen LogP contribution in [0.3, 0.4) is 0 Å². The minimum Gasteiger partial charge on any atom is -0.481 e. The maximum absolute atomic E-state index is 5.04. The Morgan fingerprint density at radius 2 is 1.95 bits per heavy atom. The molecule has 0 aliphatic carbocycles. The molecule has 100 valence electrons. The van der Waals surface area contributed by atoms with Crippen molar-refractivity contribution in [2.45, 2.75) is 0 Å². The number of thiazole rings is 2. The number of methoxy groups -OCH3 is 1. The van der Waals surface area contributed by atoms with Crippen LogP contribution in [-0.4, -0.2) is 28.8 Å². The van der Waals surface area contributed by atoms with Crippen molar-refractivity contribution in [2.75, 3.05) is 7.11 Å². The van der Waals surface area contributed by atoms with E-state index in [0.717, 1.165) is 22.0 Å². The predicted molar refractivity (Wildman–Crippen MR) is 82.2 cm³/mol. The van der Waals surface area contributed by atoms with Gasteiger partial charge in [-0.25, -0.2) is 19.9 Å². The molecule has 0 saturated heterocycles. The van der Waals surface area contributed by atoms with Gasteiger partial charge in [0.15, 0.2) is 0 Å². The standard InChI is InChI=1S/C13H10N4OS2/c1-14-13-17-10(7-20-13)9-6-19-12(16-9)8-3-4-11(18-2)15-5-8/h3-7H,1H2,2H3. The Morgan fingerprint density at radius 1 is 1.15 bits per heavy atom. The zero-order valence-electron chi connectivity index (χ0n) is 10.6. The molecule has 0 atom stereocenters. The molecule has 3 rings (SSSR count). The second-order valence-corrected chi connectivity index (χ2v) is 5.50. The molecule has 0 saturated carbocycles. The van der Waals surface area contributed by atoms with Crippen LogP contribution in [0.2, 0.25) is 0 Å². The topological polar surface area (TPSA) is 60.3 Å². The predicted octanol–water partition coefficient (Wildman–Crippen LogP) is 3.67. The van der Waals surface area contributed by atoms with E-state index < -0.39 is 0 Å². The van der Waals surface area contributed by atoms with E-state index in [1.807, 2.05) is 22.9 Å². The second-order valence-electron chi connectivity index (χ2n) is 3.80. The van der Waals surface area contributed by atoms with Gasteiger partial charge in [0.25, 0.3) is 0 Å². The molecule has 3 aromatic heterocycles. The fourth-order valence-corrected chi connectivity index (χ4v) is 3.03. The van der Waals surface area contributed by atoms with Crippen LogP contribution in [0, 0.1) is 0 Å². The van der Waals surface area contributed by atoms with E-state index in [2.05, 4.69) is 26.7 Å². The number of hydrogen-bond acceptors (Lipinski definition) is 7. The van der Waals surface area contributed by atoms with Crippen LogP contribution in [0.1, 0.15) is 0 Å². The van der Waals surface area contributed by atoms with Gasteiger partial charge in [-0.1, -0.05) is 0 Å². The number of rotatable bonds is 4. The van der Waals surface area contributed by atoms with Gasteiger partial charge in [0.1, 0.15) is 16.4 Å². The van der Waals surface area contributed by atoms with Gasteiger partial charge >= 0.3 is 0 Å². The third kappa shape index (κ3) is 2.45. The number of hydrogen-bond donors (Lipinski definition) is 0. The first-order valence-corrected chi connectivity index (χ1v) is 7.44. The number of nitrogens with zero attached hydrogens (tertiary/aromatic N) is 4. The minimum absolute atomic E-state index is 0.590. The van der Waals surface area contributed by atoms with Crippen LogP contribution in [-0.2, 0) is 0 Å². The molecule has 5 nitrogen and oxygen atoms in total. The molecule has 0 aliphatic rings. The Morgan fingerprint density at radius 3 is 2.60 bits per heavy atom. The van der Waals surface area contributed by atoms with Crippen molar-refractivity contribution in [3.8, 4) is 27.8 Å². The van der Waals surface area contributed by atoms with Gasteiger partial charge < -0.3 is 4.74 Å². The van der Waals surface area contributed by atoms with Crippen molar-refractivity contribution >= 4 is 34.5 Å². The fourth-order valence-electron chi connectivity index (χ4n) is 1.61. The average molecular weight is 302 g/mol. The lowest BCUT2D eigenvalue weighted by molar-refractivity contribution is 0.398. The van der Waals surface area contributed by atoms with Crippen LogP contribution in [0.5, 0.6) is 5.88 Å². The first-order chi connectivity index (χ1) is 9.80. The Balaban J connectivity index is 1.90. The fraction of sp³-hybridized carbons (Fsp3) is 0.0769. The third-order valence-corrected chi connectivity index (χ3v) is 4.25. The zero-order chi connectivity index (χ0) is 13.9. The van der Waals surface area contributed by atoms with Crippen molar-refractivity contribution < 1.29 is 4.74 Å². The number of ether oxygens (including phenoxy) is 1. The molecule has 3 aromatic rings. The molecule has 0 fully saturated rings. The highest BCUT2D eigenvalue weighted by Crippen LogP contribution is 2.31. The van der Waals surface area contributed by atoms with E-state index in [1.54, 1.807) is 24.6 Å². The van der Waals surface area contributed by atoms with Gasteiger partial charge in [0.2, 0.25) is 11.0 Å². The summed E-state index contributed by atoms with van der Waals surface area (Å²) in [4.78, 5) is 16.9. The summed E-state index contributed by atoms with van der Waals surface area (Å²) in [7, 11) is 1.59. The van der Waals surface area contributed by atoms with E-state index in [9.17, 15) is 0 Å². The smallest absolute Gasteiger partial charge is 0.212 e. The van der Waals surface area contributed by atoms with Gasteiger partial charge in [0.05, 0.1) is 7.11 Å². The quantitative estimate of drug-likeness (QED) is 0.690. The summed E-state index contributed by atoms with van der Waals surface area (Å²) >= 11 is 3.00. The first-order valence-electron chi connectivity index (χ1n) is 5.68. The molecule has 0 unspecified atom stereocenters. The van der Waals surface area contributed by atoms with Crippen molar-refractivity contribution in [1.29, 1.82) is 0 Å². The van der Waals surface area contributed by atoms with Crippen LogP contribution in [0.4, 0.5) is 5.13 Å². The van der Waals surface area contributed by atoms with Gasteiger partial charge in [-0.05, 0) is 12.8 Å². The summed E-state index contributed by atoms with van der Waals surface area (Å²) in [5, 5.41) is 5.45. The van der Waals surface area contributed by atoms with Gasteiger partial charge in [-0.2, -0.15) is 0 Å². The summed E-state index contributed by atoms with van der Waals surface area (Å²) in [6.45, 7) is 3.47. The Labute approximate surface area is 123 Å². The molecule has 0 N–H and O–H groups in total. The molecule has 20 heavy (non-hydrogen) atoms. The highest BCUT2D eigenvalue weighted by atomic mass is 32.1. The minimum atomic E-state index is 0.590. The molecular formula is C13H10N4OS2. The largest absolute Gasteiger partial charge is 0.481 e. The van der Waals surface area contributed by atoms with Crippen LogP contribution >= 0.6 is 22.7 Å². The van der Waals surface area contributed by atoms with Crippen molar-refractivity contribution in [3.05, 3.63) is 29.1 Å². The summed E-state index contributed by atoms with van der Waals surface area (Å²) < 4.78 is 5.04. The van der Waals surface area contributed by atoms with Crippen molar-refractivity contribution in [2.24, 2.45) is 4.99 Å². The summed E-state index contributed by atoms with van der Waals surface area (Å²) in [6.07, 6.45) is 1.75. The van der Waals surface area contributed by atoms with E-state index in [4.69, 9.17) is 4.74 Å². The Bertz CT molecular complexity index is 733. The number of aromatic nitrogens is 3. The second kappa shape index (κ2) is 5.48. The lowest BCUT2D eigenvalue weighted by Gasteiger charge is -1.98. The van der Waals surface area contributed by atoms with E-state index in [1.165, 1.54) is 11.3 Å². The van der Waals surface area contributed by atoms with Crippen LogP contribution in [0.25, 0.3) is 22.0 Å². The van der Waals surface area contributed by atoms with Crippen LogP contribution < -0.4 is 4.74 Å². The first kappa shape index (κ1) is 12.9. The lowest BCUT2D eigenvalue weighted by Crippen LogP contribution is -1.87. The van der Waals surface area contributed by atoms with Gasteiger partial charge in [-0.15, -0.1) is 22.7 Å². The van der Waals surface area contributed by atoms with Crippen LogP contribution in [0.15, 0.2) is 34.1 Å². The molecule has 3 heterocycles. The molecule has 0 aliphatic heterocycles. The summed E-state index contributed by atoms with van der Waals surface area (Å²) in [5.41, 5.74) is 2.62. The van der Waals surface area contributed by atoms with Crippen molar-refractivity contribution in [3.63, 3.8) is 0 Å². The molecule has 0 bridgehead atoms. The molecule has 0 aromatic carbocycles. The monoisotopic (exact) mass is 302 g/mol. The maximum atomic E-state index is 5.04. The Hall–Kier alpha value is -2.12. The third-order valence-electron chi connectivity index (χ3n) is 2.59. The summed E-state index contributed by atoms with van der Waals surface area (Å²) in [6, 6.07) is 3.76. The average Bonchev–Trinajstić information content (AvgIpc) is 3.16. The lowest BCUT2D eigenvalue weighted by atomic mass is 10.3. The highest BCUT2D eigenvalue weighted by Gasteiger charge is 2.10. The molecule has 0 amide bonds. The Kier molecular flexibility index (Phi) is 3.53. The van der Waals surface area contributed by atoms with E-state index in [0.29, 0.717) is 11.0 Å². The molecular weight excluding hydrogens is 292 g/mol. The number of pyridine rings is 1. The normalized spacial score (nSPS) is 10.4. The zero-order valence-corrected chi connectivity index (χ0v) is 12.2. The number of aliphatic imine (C=N–C) groups is 1. The SMILES string of the molecule is C=Nc1nc(-c2csc(-c3ccc(OC)nc3)n2)cs1. The highest BCUT2D eigenvalue weighted by molar-refractivity contribution is 7.14. The molecule has 0 spiro atoms.